The molecule has 4 nitrogen and oxygen atoms in total. The Bertz CT molecular complexity index is 651. The van der Waals surface area contributed by atoms with Gasteiger partial charge in [-0.05, 0) is 58.5 Å². The van der Waals surface area contributed by atoms with Crippen molar-refractivity contribution in [1.29, 1.82) is 0 Å². The summed E-state index contributed by atoms with van der Waals surface area (Å²) in [4.78, 5) is 12.2. The van der Waals surface area contributed by atoms with Gasteiger partial charge in [0.05, 0.1) is 11.6 Å². The second-order valence-corrected chi connectivity index (χ2v) is 5.80. The lowest BCUT2D eigenvalue weighted by Crippen LogP contribution is -2.30. The number of nitrogens with one attached hydrogen (secondary N) is 1. The summed E-state index contributed by atoms with van der Waals surface area (Å²) in [6, 6.07) is 7.61. The molecule has 1 amide bonds. The van der Waals surface area contributed by atoms with E-state index in [1.54, 1.807) is 6.07 Å². The Hall–Kier alpha value is -1.75. The van der Waals surface area contributed by atoms with Crippen molar-refractivity contribution in [1.82, 2.24) is 5.32 Å². The standard InChI is InChI=1S/C15H15BrN2O2/c16-14-7-10(8-20-14)15(19)18-13-3-1-2-9-6-11(17)4-5-12(9)13/h4-8,13H,1-3,17H2,(H,18,19). The van der Waals surface area contributed by atoms with Crippen LogP contribution in [-0.4, -0.2) is 5.91 Å². The number of furan rings is 1. The number of carbonyl (C=O) groups excluding carboxylic acids is 1. The minimum absolute atomic E-state index is 0.0422. The molecule has 2 aromatic rings. The molecule has 0 bridgehead atoms. The van der Waals surface area contributed by atoms with Crippen molar-refractivity contribution in [2.24, 2.45) is 0 Å². The van der Waals surface area contributed by atoms with Gasteiger partial charge in [-0.2, -0.15) is 0 Å². The van der Waals surface area contributed by atoms with Crippen molar-refractivity contribution >= 4 is 27.5 Å². The zero-order chi connectivity index (χ0) is 14.1. The monoisotopic (exact) mass is 334 g/mol. The lowest BCUT2D eigenvalue weighted by Gasteiger charge is -2.26. The number of nitrogens with two attached hydrogens (primary N) is 1. The molecule has 1 aromatic carbocycles. The second kappa shape index (κ2) is 5.32. The molecule has 5 heteroatoms. The van der Waals surface area contributed by atoms with E-state index in [2.05, 4.69) is 21.2 Å². The molecule has 3 rings (SSSR count). The first-order chi connectivity index (χ1) is 9.63. The smallest absolute Gasteiger partial charge is 0.255 e. The van der Waals surface area contributed by atoms with Crippen molar-refractivity contribution in [2.75, 3.05) is 5.73 Å². The highest BCUT2D eigenvalue weighted by Gasteiger charge is 2.22. The SMILES string of the molecule is Nc1ccc2c(c1)CCCC2NC(=O)c1coc(Br)c1. The predicted molar refractivity (Wildman–Crippen MR) is 80.4 cm³/mol. The fourth-order valence-electron chi connectivity index (χ4n) is 2.65. The van der Waals surface area contributed by atoms with Gasteiger partial charge in [0.1, 0.15) is 6.26 Å². The lowest BCUT2D eigenvalue weighted by molar-refractivity contribution is 0.0932. The van der Waals surface area contributed by atoms with Gasteiger partial charge in [-0.3, -0.25) is 4.79 Å². The summed E-state index contributed by atoms with van der Waals surface area (Å²) >= 11 is 3.20. The lowest BCUT2D eigenvalue weighted by atomic mass is 9.87. The Balaban J connectivity index is 1.81. The van der Waals surface area contributed by atoms with Crippen molar-refractivity contribution in [3.63, 3.8) is 0 Å². The highest BCUT2D eigenvalue weighted by Crippen LogP contribution is 2.31. The number of nitrogen functional groups attached to an aromatic ring is 1. The van der Waals surface area contributed by atoms with Crippen molar-refractivity contribution in [3.05, 3.63) is 51.9 Å². The van der Waals surface area contributed by atoms with Crippen LogP contribution in [0.15, 0.2) is 39.6 Å². The zero-order valence-corrected chi connectivity index (χ0v) is 12.4. The number of benzene rings is 1. The Morgan fingerprint density at radius 2 is 2.25 bits per heavy atom. The first kappa shape index (κ1) is 13.2. The normalized spacial score (nSPS) is 17.6. The molecule has 0 saturated carbocycles. The molecule has 1 atom stereocenters. The number of aryl methyl sites for hydroxylation is 1. The van der Waals surface area contributed by atoms with Crippen molar-refractivity contribution in [2.45, 2.75) is 25.3 Å². The molecule has 1 aliphatic carbocycles. The molecule has 0 radical (unpaired) electrons. The summed E-state index contributed by atoms with van der Waals surface area (Å²) in [5.74, 6) is -0.117. The van der Waals surface area contributed by atoms with E-state index >= 15 is 0 Å². The number of rotatable bonds is 2. The third-order valence-corrected chi connectivity index (χ3v) is 4.03. The van der Waals surface area contributed by atoms with Crippen LogP contribution < -0.4 is 11.1 Å². The summed E-state index contributed by atoms with van der Waals surface area (Å²) in [7, 11) is 0. The van der Waals surface area contributed by atoms with E-state index in [9.17, 15) is 4.79 Å². The molecule has 104 valence electrons. The van der Waals surface area contributed by atoms with Crippen LogP contribution in [0.4, 0.5) is 5.69 Å². The molecular formula is C15H15BrN2O2. The molecule has 0 saturated heterocycles. The first-order valence-corrected chi connectivity index (χ1v) is 7.36. The maximum Gasteiger partial charge on any atom is 0.255 e. The maximum atomic E-state index is 12.2. The third kappa shape index (κ3) is 2.58. The van der Waals surface area contributed by atoms with E-state index in [1.165, 1.54) is 17.4 Å². The molecular weight excluding hydrogens is 320 g/mol. The first-order valence-electron chi connectivity index (χ1n) is 6.56. The molecule has 0 fully saturated rings. The van der Waals surface area contributed by atoms with Gasteiger partial charge in [0, 0.05) is 11.8 Å². The van der Waals surface area contributed by atoms with Crippen LogP contribution in [0, 0.1) is 0 Å². The number of halogens is 1. The molecule has 1 unspecified atom stereocenters. The van der Waals surface area contributed by atoms with Crippen LogP contribution in [0.2, 0.25) is 0 Å². The quantitative estimate of drug-likeness (QED) is 0.826. The van der Waals surface area contributed by atoms with Crippen molar-refractivity contribution in [3.8, 4) is 0 Å². The second-order valence-electron chi connectivity index (χ2n) is 5.02. The van der Waals surface area contributed by atoms with E-state index in [0.29, 0.717) is 10.2 Å². The minimum atomic E-state index is -0.117. The molecule has 1 aliphatic rings. The fourth-order valence-corrected chi connectivity index (χ4v) is 2.99. The topological polar surface area (TPSA) is 68.3 Å². The molecule has 0 aliphatic heterocycles. The third-order valence-electron chi connectivity index (χ3n) is 3.62. The van der Waals surface area contributed by atoms with Crippen LogP contribution in [-0.2, 0) is 6.42 Å². The summed E-state index contributed by atoms with van der Waals surface area (Å²) in [6.45, 7) is 0. The number of hydrogen-bond donors (Lipinski definition) is 2. The number of carbonyl (C=O) groups is 1. The number of hydrogen-bond acceptors (Lipinski definition) is 3. The summed E-state index contributed by atoms with van der Waals surface area (Å²) in [5, 5.41) is 3.06. The van der Waals surface area contributed by atoms with Gasteiger partial charge in [0.15, 0.2) is 4.67 Å². The Morgan fingerprint density at radius 3 is 3.00 bits per heavy atom. The van der Waals surface area contributed by atoms with E-state index in [0.717, 1.165) is 24.9 Å². The summed E-state index contributed by atoms with van der Waals surface area (Å²) < 4.78 is 5.65. The molecule has 1 heterocycles. The fraction of sp³-hybridized carbons (Fsp3) is 0.267. The Morgan fingerprint density at radius 1 is 1.40 bits per heavy atom. The minimum Gasteiger partial charge on any atom is -0.457 e. The number of anilines is 1. The van der Waals surface area contributed by atoms with E-state index in [1.807, 2.05) is 18.2 Å². The molecule has 1 aromatic heterocycles. The summed E-state index contributed by atoms with van der Waals surface area (Å²) in [5.41, 5.74) is 9.52. The van der Waals surface area contributed by atoms with Crippen LogP contribution in [0.5, 0.6) is 0 Å². The average molecular weight is 335 g/mol. The molecule has 20 heavy (non-hydrogen) atoms. The Labute approximate surface area is 125 Å². The van der Waals surface area contributed by atoms with Gasteiger partial charge < -0.3 is 15.5 Å². The van der Waals surface area contributed by atoms with Crippen LogP contribution >= 0.6 is 15.9 Å². The van der Waals surface area contributed by atoms with Crippen LogP contribution in [0.1, 0.15) is 40.4 Å². The van der Waals surface area contributed by atoms with E-state index < -0.39 is 0 Å². The largest absolute Gasteiger partial charge is 0.457 e. The van der Waals surface area contributed by atoms with Gasteiger partial charge in [-0.15, -0.1) is 0 Å². The van der Waals surface area contributed by atoms with Crippen molar-refractivity contribution < 1.29 is 9.21 Å². The number of amides is 1. The van der Waals surface area contributed by atoms with E-state index in [-0.39, 0.29) is 11.9 Å². The highest BCUT2D eigenvalue weighted by atomic mass is 79.9. The van der Waals surface area contributed by atoms with Gasteiger partial charge in [0.2, 0.25) is 0 Å². The van der Waals surface area contributed by atoms with Gasteiger partial charge >= 0.3 is 0 Å². The Kier molecular flexibility index (Phi) is 3.53. The summed E-state index contributed by atoms with van der Waals surface area (Å²) in [6.07, 6.45) is 4.47. The predicted octanol–water partition coefficient (Wildman–Crippen LogP) is 3.43. The average Bonchev–Trinajstić information content (AvgIpc) is 2.85. The zero-order valence-electron chi connectivity index (χ0n) is 10.9. The highest BCUT2D eigenvalue weighted by molar-refractivity contribution is 9.10. The van der Waals surface area contributed by atoms with Gasteiger partial charge in [0.25, 0.3) is 5.91 Å². The molecule has 0 spiro atoms. The van der Waals surface area contributed by atoms with Gasteiger partial charge in [-0.25, -0.2) is 0 Å². The van der Waals surface area contributed by atoms with Crippen LogP contribution in [0.3, 0.4) is 0 Å². The number of fused-ring (bicyclic) bond motifs is 1. The van der Waals surface area contributed by atoms with Crippen LogP contribution in [0.25, 0.3) is 0 Å². The van der Waals surface area contributed by atoms with Gasteiger partial charge in [-0.1, -0.05) is 6.07 Å². The maximum absolute atomic E-state index is 12.2. The van der Waals surface area contributed by atoms with E-state index in [4.69, 9.17) is 10.2 Å². The molecule has 3 N–H and O–H groups in total.